The molecule has 0 saturated carbocycles. The van der Waals surface area contributed by atoms with E-state index in [2.05, 4.69) is 4.98 Å². The van der Waals surface area contributed by atoms with Crippen LogP contribution >= 0.6 is 0 Å². The van der Waals surface area contributed by atoms with Crippen LogP contribution in [0.3, 0.4) is 0 Å². The van der Waals surface area contributed by atoms with Crippen molar-refractivity contribution >= 4 is 17.4 Å². The Kier molecular flexibility index (Phi) is 7.50. The van der Waals surface area contributed by atoms with Crippen molar-refractivity contribution in [3.63, 3.8) is 0 Å². The van der Waals surface area contributed by atoms with E-state index in [1.807, 2.05) is 37.3 Å². The van der Waals surface area contributed by atoms with Gasteiger partial charge in [-0.15, -0.1) is 0 Å². The molecule has 39 heavy (non-hydrogen) atoms. The lowest BCUT2D eigenvalue weighted by Crippen LogP contribution is -2.32. The quantitative estimate of drug-likeness (QED) is 0.181. The Balaban J connectivity index is 1.46. The predicted octanol–water partition coefficient (Wildman–Crippen LogP) is 5.77. The second-order valence-electron chi connectivity index (χ2n) is 9.38. The Labute approximate surface area is 226 Å². The number of pyridine rings is 1. The van der Waals surface area contributed by atoms with Crippen molar-refractivity contribution in [3.8, 4) is 5.75 Å². The van der Waals surface area contributed by atoms with E-state index >= 15 is 0 Å². The van der Waals surface area contributed by atoms with E-state index in [9.17, 15) is 19.1 Å². The number of carbonyl (C=O) groups excluding carboxylic acids is 2. The number of amides is 1. The lowest BCUT2D eigenvalue weighted by atomic mass is 9.97. The van der Waals surface area contributed by atoms with Crippen LogP contribution in [-0.4, -0.2) is 33.2 Å². The lowest BCUT2D eigenvalue weighted by molar-refractivity contribution is -0.139. The monoisotopic (exact) mass is 522 g/mol. The summed E-state index contributed by atoms with van der Waals surface area (Å²) in [6.45, 7) is 2.44. The molecule has 196 valence electrons. The molecule has 0 bridgehead atoms. The van der Waals surface area contributed by atoms with E-state index < -0.39 is 17.7 Å². The number of hydrogen-bond acceptors (Lipinski definition) is 5. The second kappa shape index (κ2) is 11.3. The number of halogens is 1. The van der Waals surface area contributed by atoms with Crippen LogP contribution in [0.4, 0.5) is 4.39 Å². The molecule has 7 heteroatoms. The number of hydrogen-bond donors (Lipinski definition) is 1. The zero-order valence-electron chi connectivity index (χ0n) is 21.4. The van der Waals surface area contributed by atoms with Gasteiger partial charge in [-0.1, -0.05) is 48.5 Å². The predicted molar refractivity (Wildman–Crippen MR) is 145 cm³/mol. The SMILES string of the molecule is Cc1cc(/C(O)=C2/C(=O)C(=O)N(CCc3ccc(F)cc3)C2c2ccccn2)ccc1OCc1ccccc1. The summed E-state index contributed by atoms with van der Waals surface area (Å²) in [5.74, 6) is -1.46. The molecule has 0 radical (unpaired) electrons. The Morgan fingerprint density at radius 2 is 1.69 bits per heavy atom. The molecule has 0 spiro atoms. The first-order chi connectivity index (χ1) is 18.9. The number of aliphatic hydroxyl groups excluding tert-OH is 1. The summed E-state index contributed by atoms with van der Waals surface area (Å²) < 4.78 is 19.3. The van der Waals surface area contributed by atoms with Crippen molar-refractivity contribution in [2.24, 2.45) is 0 Å². The van der Waals surface area contributed by atoms with E-state index in [-0.39, 0.29) is 23.7 Å². The Bertz CT molecular complexity index is 1520. The van der Waals surface area contributed by atoms with Crippen LogP contribution in [0.25, 0.3) is 5.76 Å². The molecule has 4 aromatic rings. The molecule has 1 N–H and O–H groups in total. The number of aliphatic hydroxyl groups is 1. The van der Waals surface area contributed by atoms with E-state index in [0.29, 0.717) is 30.0 Å². The topological polar surface area (TPSA) is 79.7 Å². The second-order valence-corrected chi connectivity index (χ2v) is 9.38. The molecular weight excluding hydrogens is 495 g/mol. The summed E-state index contributed by atoms with van der Waals surface area (Å²) in [4.78, 5) is 32.3. The van der Waals surface area contributed by atoms with Crippen LogP contribution in [0.5, 0.6) is 5.75 Å². The number of nitrogens with zero attached hydrogens (tertiary/aromatic N) is 2. The van der Waals surface area contributed by atoms with E-state index in [0.717, 1.165) is 16.7 Å². The number of ether oxygens (including phenoxy) is 1. The van der Waals surface area contributed by atoms with Crippen LogP contribution in [0.1, 0.15) is 34.0 Å². The fourth-order valence-corrected chi connectivity index (χ4v) is 4.71. The van der Waals surface area contributed by atoms with Gasteiger partial charge in [0.25, 0.3) is 11.7 Å². The van der Waals surface area contributed by atoms with Crippen molar-refractivity contribution < 1.29 is 23.8 Å². The smallest absolute Gasteiger partial charge is 0.295 e. The lowest BCUT2D eigenvalue weighted by Gasteiger charge is -2.24. The molecule has 0 aliphatic carbocycles. The van der Waals surface area contributed by atoms with Gasteiger partial charge in [-0.05, 0) is 72.5 Å². The number of Topliss-reactive ketones (excluding diaryl/α,β-unsaturated/α-hetero) is 1. The first kappa shape index (κ1) is 25.9. The molecule has 1 unspecified atom stereocenters. The van der Waals surface area contributed by atoms with Gasteiger partial charge in [0.05, 0.1) is 11.3 Å². The minimum absolute atomic E-state index is 0.0184. The molecule has 1 aliphatic rings. The van der Waals surface area contributed by atoms with Crippen molar-refractivity contribution in [1.82, 2.24) is 9.88 Å². The van der Waals surface area contributed by atoms with Crippen molar-refractivity contribution in [2.75, 3.05) is 6.54 Å². The molecule has 1 atom stereocenters. The summed E-state index contributed by atoms with van der Waals surface area (Å²) in [5, 5.41) is 11.4. The third kappa shape index (κ3) is 5.57. The Morgan fingerprint density at radius 3 is 2.38 bits per heavy atom. The van der Waals surface area contributed by atoms with Gasteiger partial charge in [0.1, 0.15) is 30.0 Å². The van der Waals surface area contributed by atoms with Crippen LogP contribution in [0.2, 0.25) is 0 Å². The van der Waals surface area contributed by atoms with Gasteiger partial charge in [0.15, 0.2) is 0 Å². The summed E-state index contributed by atoms with van der Waals surface area (Å²) in [7, 11) is 0. The molecule has 1 fully saturated rings. The first-order valence-corrected chi connectivity index (χ1v) is 12.6. The Morgan fingerprint density at radius 1 is 0.949 bits per heavy atom. The third-order valence-corrected chi connectivity index (χ3v) is 6.75. The third-order valence-electron chi connectivity index (χ3n) is 6.75. The Hall–Kier alpha value is -4.78. The summed E-state index contributed by atoms with van der Waals surface area (Å²) >= 11 is 0. The zero-order valence-corrected chi connectivity index (χ0v) is 21.4. The number of ketones is 1. The van der Waals surface area contributed by atoms with Crippen molar-refractivity contribution in [3.05, 3.63) is 137 Å². The largest absolute Gasteiger partial charge is 0.507 e. The van der Waals surface area contributed by atoms with E-state index in [1.165, 1.54) is 17.0 Å². The van der Waals surface area contributed by atoms with E-state index in [4.69, 9.17) is 4.74 Å². The summed E-state index contributed by atoms with van der Waals surface area (Å²) in [5.41, 5.74) is 3.47. The van der Waals surface area contributed by atoms with Crippen LogP contribution in [-0.2, 0) is 22.6 Å². The maximum absolute atomic E-state index is 13.3. The van der Waals surface area contributed by atoms with Gasteiger partial charge in [-0.25, -0.2) is 4.39 Å². The molecule has 1 amide bonds. The number of benzene rings is 3. The van der Waals surface area contributed by atoms with Gasteiger partial charge < -0.3 is 14.7 Å². The number of carbonyl (C=O) groups is 2. The number of rotatable bonds is 8. The maximum atomic E-state index is 13.3. The zero-order chi connectivity index (χ0) is 27.4. The molecule has 2 heterocycles. The molecule has 1 aliphatic heterocycles. The first-order valence-electron chi connectivity index (χ1n) is 12.6. The van der Waals surface area contributed by atoms with Crippen molar-refractivity contribution in [2.45, 2.75) is 26.0 Å². The molecule has 1 aromatic heterocycles. The van der Waals surface area contributed by atoms with Crippen LogP contribution < -0.4 is 4.74 Å². The van der Waals surface area contributed by atoms with Gasteiger partial charge >= 0.3 is 0 Å². The highest BCUT2D eigenvalue weighted by Gasteiger charge is 2.46. The normalized spacial score (nSPS) is 16.5. The fourth-order valence-electron chi connectivity index (χ4n) is 4.71. The van der Waals surface area contributed by atoms with Crippen LogP contribution in [0.15, 0.2) is 103 Å². The maximum Gasteiger partial charge on any atom is 0.295 e. The molecule has 3 aromatic carbocycles. The minimum atomic E-state index is -0.860. The molecule has 1 saturated heterocycles. The average Bonchev–Trinajstić information content (AvgIpc) is 3.22. The summed E-state index contributed by atoms with van der Waals surface area (Å²) in [6.07, 6.45) is 1.99. The highest BCUT2D eigenvalue weighted by atomic mass is 19.1. The van der Waals surface area contributed by atoms with Gasteiger partial charge in [0, 0.05) is 18.3 Å². The van der Waals surface area contributed by atoms with Crippen molar-refractivity contribution in [1.29, 1.82) is 0 Å². The number of likely N-dealkylation sites (tertiary alicyclic amines) is 1. The number of aromatic nitrogens is 1. The highest BCUT2D eigenvalue weighted by Crippen LogP contribution is 2.39. The van der Waals surface area contributed by atoms with Gasteiger partial charge in [-0.2, -0.15) is 0 Å². The minimum Gasteiger partial charge on any atom is -0.507 e. The molecule has 5 rings (SSSR count). The van der Waals surface area contributed by atoms with Gasteiger partial charge in [-0.3, -0.25) is 14.6 Å². The number of aryl methyl sites for hydroxylation is 1. The molecular formula is C32H27FN2O4. The standard InChI is InChI=1S/C32H27FN2O4/c1-21-19-24(12-15-27(21)39-20-23-7-3-2-4-8-23)30(36)28-29(26-9-5-6-17-34-26)35(32(38)31(28)37)18-16-22-10-13-25(33)14-11-22/h2-15,17,19,29,36H,16,18,20H2,1H3/b30-28-. The van der Waals surface area contributed by atoms with Crippen LogP contribution in [0, 0.1) is 12.7 Å². The summed E-state index contributed by atoms with van der Waals surface area (Å²) in [6, 6.07) is 25.3. The van der Waals surface area contributed by atoms with E-state index in [1.54, 1.807) is 54.7 Å². The molecule has 6 nitrogen and oxygen atoms in total. The highest BCUT2D eigenvalue weighted by molar-refractivity contribution is 6.46. The van der Waals surface area contributed by atoms with Gasteiger partial charge in [0.2, 0.25) is 0 Å². The fraction of sp³-hybridized carbons (Fsp3) is 0.156. The average molecular weight is 523 g/mol.